The first-order valence-electron chi connectivity index (χ1n) is 6.37. The molecule has 0 radical (unpaired) electrons. The van der Waals surface area contributed by atoms with Gasteiger partial charge in [-0.15, -0.1) is 0 Å². The van der Waals surface area contributed by atoms with Crippen molar-refractivity contribution >= 4 is 27.5 Å². The molecule has 0 spiro atoms. The average molecular weight is 355 g/mol. The van der Waals surface area contributed by atoms with Crippen LogP contribution < -0.4 is 10.1 Å². The van der Waals surface area contributed by atoms with E-state index in [4.69, 9.17) is 16.3 Å². The van der Waals surface area contributed by atoms with Gasteiger partial charge in [-0.1, -0.05) is 11.6 Å². The van der Waals surface area contributed by atoms with Crippen LogP contribution in [0, 0.1) is 0 Å². The van der Waals surface area contributed by atoms with Gasteiger partial charge < -0.3 is 10.1 Å². The molecule has 104 valence electrons. The molecule has 1 aliphatic rings. The Labute approximate surface area is 130 Å². The summed E-state index contributed by atoms with van der Waals surface area (Å²) in [6.07, 6.45) is 7.45. The van der Waals surface area contributed by atoms with Gasteiger partial charge in [0, 0.05) is 35.5 Å². The van der Waals surface area contributed by atoms with Crippen LogP contribution in [-0.4, -0.2) is 16.0 Å². The normalized spacial score (nSPS) is 14.3. The summed E-state index contributed by atoms with van der Waals surface area (Å²) in [6.45, 7) is 0.735. The van der Waals surface area contributed by atoms with Crippen molar-refractivity contribution in [2.75, 3.05) is 0 Å². The number of rotatable bonds is 5. The molecule has 1 N–H and O–H groups in total. The van der Waals surface area contributed by atoms with E-state index in [1.54, 1.807) is 18.6 Å². The second kappa shape index (κ2) is 6.08. The summed E-state index contributed by atoms with van der Waals surface area (Å²) in [5, 5.41) is 4.08. The molecule has 2 aromatic rings. The lowest BCUT2D eigenvalue weighted by Crippen LogP contribution is -2.15. The molecule has 6 heteroatoms. The molecule has 0 aromatic carbocycles. The summed E-state index contributed by atoms with van der Waals surface area (Å²) in [7, 11) is 0. The predicted octanol–water partition coefficient (Wildman–Crippen LogP) is 3.94. The smallest absolute Gasteiger partial charge is 0.219 e. The molecule has 0 saturated heterocycles. The predicted molar refractivity (Wildman–Crippen MR) is 81.1 cm³/mol. The number of hydrogen-bond acceptors (Lipinski definition) is 4. The van der Waals surface area contributed by atoms with Crippen LogP contribution in [0.5, 0.6) is 11.6 Å². The molecule has 1 fully saturated rings. The van der Waals surface area contributed by atoms with Crippen molar-refractivity contribution in [3.05, 3.63) is 45.8 Å². The third kappa shape index (κ3) is 3.69. The monoisotopic (exact) mass is 353 g/mol. The molecule has 0 aliphatic heterocycles. The first-order valence-corrected chi connectivity index (χ1v) is 7.54. The van der Waals surface area contributed by atoms with Gasteiger partial charge in [-0.05, 0) is 40.4 Å². The molecular formula is C14H13BrClN3O. The quantitative estimate of drug-likeness (QED) is 0.883. The van der Waals surface area contributed by atoms with E-state index in [0.29, 0.717) is 22.7 Å². The number of ether oxygens (including phenoxy) is 1. The van der Waals surface area contributed by atoms with Crippen molar-refractivity contribution < 1.29 is 4.74 Å². The van der Waals surface area contributed by atoms with E-state index >= 15 is 0 Å². The molecule has 3 rings (SSSR count). The molecule has 1 aliphatic carbocycles. The molecule has 2 heterocycles. The molecule has 4 nitrogen and oxygen atoms in total. The average Bonchev–Trinajstić information content (AvgIpc) is 3.23. The van der Waals surface area contributed by atoms with Crippen molar-refractivity contribution in [2.24, 2.45) is 0 Å². The van der Waals surface area contributed by atoms with E-state index in [2.05, 4.69) is 31.2 Å². The second-order valence-corrected chi connectivity index (χ2v) is 6.03. The van der Waals surface area contributed by atoms with Crippen LogP contribution in [0.3, 0.4) is 0 Å². The number of pyridine rings is 2. The van der Waals surface area contributed by atoms with Crippen LogP contribution in [0.1, 0.15) is 18.4 Å². The van der Waals surface area contributed by atoms with Crippen molar-refractivity contribution in [2.45, 2.75) is 25.4 Å². The summed E-state index contributed by atoms with van der Waals surface area (Å²) in [5.74, 6) is 1.15. The van der Waals surface area contributed by atoms with Crippen LogP contribution in [0.15, 0.2) is 35.2 Å². The Balaban J connectivity index is 1.73. The fraction of sp³-hybridized carbons (Fsp3) is 0.286. The van der Waals surface area contributed by atoms with E-state index in [1.165, 1.54) is 12.8 Å². The fourth-order valence-electron chi connectivity index (χ4n) is 1.76. The summed E-state index contributed by atoms with van der Waals surface area (Å²) in [4.78, 5) is 8.23. The zero-order valence-corrected chi connectivity index (χ0v) is 13.0. The third-order valence-corrected chi connectivity index (χ3v) is 3.74. The van der Waals surface area contributed by atoms with Crippen molar-refractivity contribution in [1.29, 1.82) is 0 Å². The Morgan fingerprint density at radius 2 is 2.15 bits per heavy atom. The Hall–Kier alpha value is -1.17. The van der Waals surface area contributed by atoms with E-state index in [1.807, 2.05) is 12.1 Å². The first kappa shape index (κ1) is 13.8. The van der Waals surface area contributed by atoms with E-state index < -0.39 is 0 Å². The molecular weight excluding hydrogens is 342 g/mol. The van der Waals surface area contributed by atoms with E-state index in [9.17, 15) is 0 Å². The lowest BCUT2D eigenvalue weighted by Gasteiger charge is -2.09. The highest BCUT2D eigenvalue weighted by atomic mass is 79.9. The maximum absolute atomic E-state index is 6.15. The summed E-state index contributed by atoms with van der Waals surface area (Å²) in [6, 6.07) is 4.34. The van der Waals surface area contributed by atoms with E-state index in [0.717, 1.165) is 16.6 Å². The number of halogens is 2. The molecule has 20 heavy (non-hydrogen) atoms. The van der Waals surface area contributed by atoms with Gasteiger partial charge in [0.1, 0.15) is 5.75 Å². The van der Waals surface area contributed by atoms with E-state index in [-0.39, 0.29) is 0 Å². The van der Waals surface area contributed by atoms with Crippen LogP contribution >= 0.6 is 27.5 Å². The maximum atomic E-state index is 6.15. The minimum Gasteiger partial charge on any atom is -0.437 e. The Morgan fingerprint density at radius 1 is 1.30 bits per heavy atom. The van der Waals surface area contributed by atoms with Gasteiger partial charge in [0.05, 0.1) is 11.2 Å². The molecule has 2 aromatic heterocycles. The highest BCUT2D eigenvalue weighted by Gasteiger charge is 2.20. The molecule has 0 amide bonds. The van der Waals surface area contributed by atoms with Gasteiger partial charge in [-0.2, -0.15) is 0 Å². The fourth-order valence-corrected chi connectivity index (χ4v) is 2.27. The summed E-state index contributed by atoms with van der Waals surface area (Å²) < 4.78 is 6.55. The zero-order chi connectivity index (χ0) is 13.9. The van der Waals surface area contributed by atoms with Crippen molar-refractivity contribution in [1.82, 2.24) is 15.3 Å². The molecule has 0 atom stereocenters. The molecule has 0 unspecified atom stereocenters. The number of nitrogens with one attached hydrogen (secondary N) is 1. The van der Waals surface area contributed by atoms with Gasteiger partial charge in [-0.25, -0.2) is 4.98 Å². The van der Waals surface area contributed by atoms with Gasteiger partial charge in [0.25, 0.3) is 0 Å². The van der Waals surface area contributed by atoms with Gasteiger partial charge in [0.15, 0.2) is 0 Å². The topological polar surface area (TPSA) is 47.0 Å². The number of nitrogens with zero attached hydrogens (tertiary/aromatic N) is 2. The lowest BCUT2D eigenvalue weighted by atomic mass is 10.2. The molecule has 1 saturated carbocycles. The number of hydrogen-bond donors (Lipinski definition) is 1. The Morgan fingerprint density at radius 3 is 2.90 bits per heavy atom. The largest absolute Gasteiger partial charge is 0.437 e. The van der Waals surface area contributed by atoms with Crippen molar-refractivity contribution in [3.63, 3.8) is 0 Å². The van der Waals surface area contributed by atoms with Crippen LogP contribution in [0.25, 0.3) is 0 Å². The third-order valence-electron chi connectivity index (χ3n) is 2.97. The summed E-state index contributed by atoms with van der Waals surface area (Å²) in [5.41, 5.74) is 0.992. The second-order valence-electron chi connectivity index (χ2n) is 4.71. The number of aromatic nitrogens is 2. The molecule has 0 bridgehead atoms. The van der Waals surface area contributed by atoms with Crippen LogP contribution in [0.4, 0.5) is 0 Å². The van der Waals surface area contributed by atoms with Gasteiger partial charge >= 0.3 is 0 Å². The van der Waals surface area contributed by atoms with Crippen molar-refractivity contribution in [3.8, 4) is 11.6 Å². The van der Waals surface area contributed by atoms with Crippen LogP contribution in [-0.2, 0) is 6.54 Å². The lowest BCUT2D eigenvalue weighted by molar-refractivity contribution is 0.459. The first-order chi connectivity index (χ1) is 9.70. The van der Waals surface area contributed by atoms with Crippen LogP contribution in [0.2, 0.25) is 5.02 Å². The van der Waals surface area contributed by atoms with Gasteiger partial charge in [0.2, 0.25) is 5.88 Å². The highest BCUT2D eigenvalue weighted by molar-refractivity contribution is 9.10. The minimum atomic E-state index is 0.516. The zero-order valence-electron chi connectivity index (χ0n) is 10.6. The summed E-state index contributed by atoms with van der Waals surface area (Å²) >= 11 is 9.51. The maximum Gasteiger partial charge on any atom is 0.219 e. The van der Waals surface area contributed by atoms with Gasteiger partial charge in [-0.3, -0.25) is 4.98 Å². The Bertz CT molecular complexity index is 619. The standard InChI is InChI=1S/C14H13BrClN3O/c15-10-4-12(7-17-6-10)20-14-3-9(13(16)8-19-14)5-18-11-1-2-11/h3-4,6-8,11,18H,1-2,5H2. The SMILES string of the molecule is Clc1cnc(Oc2cncc(Br)c2)cc1CNC1CC1. The highest BCUT2D eigenvalue weighted by Crippen LogP contribution is 2.26. The Kier molecular flexibility index (Phi) is 4.19. The minimum absolute atomic E-state index is 0.516.